The number of methoxy groups -OCH3 is 1. The summed E-state index contributed by atoms with van der Waals surface area (Å²) in [6, 6.07) is 17.2. The van der Waals surface area contributed by atoms with Gasteiger partial charge in [0.2, 0.25) is 0 Å². The van der Waals surface area contributed by atoms with E-state index in [0.717, 1.165) is 20.5 Å². The largest absolute Gasteiger partial charge is 0.493 e. The van der Waals surface area contributed by atoms with E-state index < -0.39 is 17.8 Å². The van der Waals surface area contributed by atoms with Crippen molar-refractivity contribution in [2.24, 2.45) is 0 Å². The zero-order chi connectivity index (χ0) is 25.1. The number of urea groups is 1. The minimum atomic E-state index is -0.794. The van der Waals surface area contributed by atoms with Gasteiger partial charge in [-0.15, -0.1) is 0 Å². The van der Waals surface area contributed by atoms with E-state index in [4.69, 9.17) is 9.47 Å². The third-order valence-corrected chi connectivity index (χ3v) is 6.62. The lowest BCUT2D eigenvalue weighted by Crippen LogP contribution is -2.54. The molecule has 3 aromatic rings. The summed E-state index contributed by atoms with van der Waals surface area (Å²) in [7, 11) is 1.50. The van der Waals surface area contributed by atoms with E-state index in [9.17, 15) is 14.4 Å². The van der Waals surface area contributed by atoms with E-state index in [0.29, 0.717) is 33.8 Å². The second-order valence-electron chi connectivity index (χ2n) is 7.71. The van der Waals surface area contributed by atoms with Gasteiger partial charge < -0.3 is 9.47 Å². The normalized spacial score (nSPS) is 14.8. The molecule has 178 valence electrons. The van der Waals surface area contributed by atoms with Crippen molar-refractivity contribution in [2.45, 2.75) is 13.5 Å². The first-order valence-electron chi connectivity index (χ1n) is 10.5. The highest BCUT2D eigenvalue weighted by atomic mass is 79.9. The lowest BCUT2D eigenvalue weighted by Gasteiger charge is -2.26. The Balaban J connectivity index is 1.65. The number of rotatable bonds is 6. The number of hydrogen-bond acceptors (Lipinski definition) is 5. The molecule has 4 amide bonds. The molecule has 0 unspecified atom stereocenters. The molecule has 0 saturated carbocycles. The average Bonchev–Trinajstić information content (AvgIpc) is 2.81. The summed E-state index contributed by atoms with van der Waals surface area (Å²) in [5, 5.41) is 2.23. The van der Waals surface area contributed by atoms with Crippen LogP contribution in [0.25, 0.3) is 6.08 Å². The van der Waals surface area contributed by atoms with Gasteiger partial charge in [-0.05, 0) is 70.4 Å². The van der Waals surface area contributed by atoms with Crippen molar-refractivity contribution in [2.75, 3.05) is 12.0 Å². The van der Waals surface area contributed by atoms with E-state index in [1.807, 2.05) is 37.3 Å². The van der Waals surface area contributed by atoms with Gasteiger partial charge in [-0.25, -0.2) is 9.69 Å². The molecule has 7 nitrogen and oxygen atoms in total. The Bertz CT molecular complexity index is 1370. The maximum absolute atomic E-state index is 13.2. The number of halogens is 2. The molecule has 0 atom stereocenters. The highest BCUT2D eigenvalue weighted by molar-refractivity contribution is 9.10. The van der Waals surface area contributed by atoms with Crippen LogP contribution in [0.15, 0.2) is 75.2 Å². The number of barbiturate groups is 1. The Labute approximate surface area is 219 Å². The average molecular weight is 600 g/mol. The molecule has 3 aromatic carbocycles. The van der Waals surface area contributed by atoms with Crippen LogP contribution < -0.4 is 19.7 Å². The molecule has 1 aliphatic heterocycles. The third kappa shape index (κ3) is 5.31. The molecular weight excluding hydrogens is 580 g/mol. The van der Waals surface area contributed by atoms with E-state index in [-0.39, 0.29) is 5.57 Å². The van der Waals surface area contributed by atoms with Crippen LogP contribution in [0.3, 0.4) is 0 Å². The molecule has 1 aliphatic rings. The van der Waals surface area contributed by atoms with Gasteiger partial charge in [0.15, 0.2) is 11.5 Å². The van der Waals surface area contributed by atoms with Gasteiger partial charge in [-0.2, -0.15) is 0 Å². The smallest absolute Gasteiger partial charge is 0.335 e. The first kappa shape index (κ1) is 24.7. The molecule has 0 radical (unpaired) electrons. The Morgan fingerprint density at radius 1 is 0.971 bits per heavy atom. The topological polar surface area (TPSA) is 84.9 Å². The molecule has 0 aromatic heterocycles. The minimum Gasteiger partial charge on any atom is -0.493 e. The number of carbonyl (C=O) groups excluding carboxylic acids is 3. The van der Waals surface area contributed by atoms with Crippen LogP contribution in [0.4, 0.5) is 10.5 Å². The summed E-state index contributed by atoms with van der Waals surface area (Å²) >= 11 is 7.00. The molecule has 1 N–H and O–H groups in total. The van der Waals surface area contributed by atoms with Crippen molar-refractivity contribution >= 4 is 61.5 Å². The number of anilines is 1. The number of nitrogens with zero attached hydrogens (tertiary/aromatic N) is 1. The SMILES string of the molecule is COc1cc(/C=C2\C(=O)NC(=O)N(c3cccc(C)c3)C2=O)cc(Br)c1OCc1ccccc1Br. The quantitative estimate of drug-likeness (QED) is 0.287. The van der Waals surface area contributed by atoms with Crippen LogP contribution in [0, 0.1) is 6.92 Å². The van der Waals surface area contributed by atoms with Crippen LogP contribution in [-0.2, 0) is 16.2 Å². The number of nitrogens with one attached hydrogen (secondary N) is 1. The Morgan fingerprint density at radius 3 is 2.46 bits per heavy atom. The van der Waals surface area contributed by atoms with Crippen molar-refractivity contribution in [1.29, 1.82) is 0 Å². The lowest BCUT2D eigenvalue weighted by molar-refractivity contribution is -0.122. The van der Waals surface area contributed by atoms with Gasteiger partial charge >= 0.3 is 6.03 Å². The van der Waals surface area contributed by atoms with E-state index in [1.54, 1.807) is 30.3 Å². The number of imide groups is 2. The minimum absolute atomic E-state index is 0.179. The van der Waals surface area contributed by atoms with Gasteiger partial charge in [0.05, 0.1) is 17.3 Å². The summed E-state index contributed by atoms with van der Waals surface area (Å²) in [5.74, 6) is -0.600. The Kier molecular flexibility index (Phi) is 7.37. The molecule has 9 heteroatoms. The summed E-state index contributed by atoms with van der Waals surface area (Å²) in [4.78, 5) is 39.1. The van der Waals surface area contributed by atoms with E-state index in [1.165, 1.54) is 13.2 Å². The monoisotopic (exact) mass is 598 g/mol. The highest BCUT2D eigenvalue weighted by Crippen LogP contribution is 2.38. The molecule has 0 bridgehead atoms. The van der Waals surface area contributed by atoms with Gasteiger partial charge in [0.1, 0.15) is 12.2 Å². The summed E-state index contributed by atoms with van der Waals surface area (Å²) in [6.45, 7) is 2.15. The van der Waals surface area contributed by atoms with Crippen molar-refractivity contribution in [3.05, 3.63) is 91.9 Å². The van der Waals surface area contributed by atoms with E-state index in [2.05, 4.69) is 37.2 Å². The van der Waals surface area contributed by atoms with Crippen molar-refractivity contribution in [1.82, 2.24) is 5.32 Å². The van der Waals surface area contributed by atoms with Crippen molar-refractivity contribution in [3.63, 3.8) is 0 Å². The van der Waals surface area contributed by atoms with Gasteiger partial charge in [0, 0.05) is 10.0 Å². The van der Waals surface area contributed by atoms with Crippen molar-refractivity contribution < 1.29 is 23.9 Å². The Morgan fingerprint density at radius 2 is 1.74 bits per heavy atom. The first-order chi connectivity index (χ1) is 16.8. The maximum atomic E-state index is 13.2. The van der Waals surface area contributed by atoms with Gasteiger partial charge in [-0.1, -0.05) is 46.3 Å². The fourth-order valence-electron chi connectivity index (χ4n) is 3.55. The predicted molar refractivity (Wildman–Crippen MR) is 139 cm³/mol. The third-order valence-electron chi connectivity index (χ3n) is 5.25. The predicted octanol–water partition coefficient (Wildman–Crippen LogP) is 5.77. The molecule has 4 rings (SSSR count). The lowest BCUT2D eigenvalue weighted by atomic mass is 10.1. The summed E-state index contributed by atoms with van der Waals surface area (Å²) < 4.78 is 13.0. The number of benzene rings is 3. The van der Waals surface area contributed by atoms with Gasteiger partial charge in [0.25, 0.3) is 11.8 Å². The molecule has 1 saturated heterocycles. The second-order valence-corrected chi connectivity index (χ2v) is 9.42. The number of ether oxygens (including phenoxy) is 2. The zero-order valence-corrected chi connectivity index (χ0v) is 22.0. The summed E-state index contributed by atoms with van der Waals surface area (Å²) in [6.07, 6.45) is 1.41. The molecule has 1 heterocycles. The van der Waals surface area contributed by atoms with Crippen LogP contribution >= 0.6 is 31.9 Å². The summed E-state index contributed by atoms with van der Waals surface area (Å²) in [5.41, 5.74) is 2.54. The molecule has 0 aliphatic carbocycles. The fourth-order valence-corrected chi connectivity index (χ4v) is 4.53. The fraction of sp³-hybridized carbons (Fsp3) is 0.115. The van der Waals surface area contributed by atoms with Crippen LogP contribution in [0.5, 0.6) is 11.5 Å². The van der Waals surface area contributed by atoms with Crippen LogP contribution in [0.1, 0.15) is 16.7 Å². The number of amides is 4. The maximum Gasteiger partial charge on any atom is 0.335 e. The number of hydrogen-bond donors (Lipinski definition) is 1. The standard InChI is InChI=1S/C26H20Br2N2O5/c1-15-6-5-8-18(10-15)30-25(32)19(24(31)29-26(30)33)11-16-12-21(28)23(22(13-16)34-2)35-14-17-7-3-4-9-20(17)27/h3-13H,14H2,1-2H3,(H,29,31,33)/b19-11+. The molecule has 1 fully saturated rings. The van der Waals surface area contributed by atoms with Crippen LogP contribution in [-0.4, -0.2) is 25.0 Å². The molecule has 35 heavy (non-hydrogen) atoms. The molecule has 0 spiro atoms. The number of aryl methyl sites for hydroxylation is 1. The zero-order valence-electron chi connectivity index (χ0n) is 18.8. The molecular formula is C26H20Br2N2O5. The van der Waals surface area contributed by atoms with Crippen LogP contribution in [0.2, 0.25) is 0 Å². The highest BCUT2D eigenvalue weighted by Gasteiger charge is 2.36. The first-order valence-corrected chi connectivity index (χ1v) is 12.1. The van der Waals surface area contributed by atoms with E-state index >= 15 is 0 Å². The van der Waals surface area contributed by atoms with Gasteiger partial charge in [-0.3, -0.25) is 14.9 Å². The number of carbonyl (C=O) groups is 3. The van der Waals surface area contributed by atoms with Crippen molar-refractivity contribution in [3.8, 4) is 11.5 Å². The Hall–Kier alpha value is -3.43. The second kappa shape index (κ2) is 10.5.